The minimum absolute atomic E-state index is 0.00391. The number of H-pyrrole nitrogens is 1. The third-order valence-electron chi connectivity index (χ3n) is 6.12. The van der Waals surface area contributed by atoms with Gasteiger partial charge in [-0.2, -0.15) is 5.26 Å². The second-order valence-corrected chi connectivity index (χ2v) is 9.00. The SMILES string of the molecule is CCCC#CCCc1nc(-c2cc(C(=O)N3CC(c4ccc(C#N)cc4)C3)ccc2C)c(Cl)[nH]1. The topological polar surface area (TPSA) is 72.8 Å². The van der Waals surface area contributed by atoms with Crippen LogP contribution < -0.4 is 0 Å². The number of likely N-dealkylation sites (tertiary alicyclic amines) is 1. The molecule has 1 amide bonds. The lowest BCUT2D eigenvalue weighted by Crippen LogP contribution is -2.48. The third-order valence-corrected chi connectivity index (χ3v) is 6.39. The number of aromatic nitrogens is 2. The van der Waals surface area contributed by atoms with E-state index in [4.69, 9.17) is 21.8 Å². The minimum Gasteiger partial charge on any atom is -0.337 e. The van der Waals surface area contributed by atoms with Crippen molar-refractivity contribution in [2.45, 2.75) is 45.4 Å². The highest BCUT2D eigenvalue weighted by Gasteiger charge is 2.32. The first kappa shape index (κ1) is 23.6. The first-order valence-electron chi connectivity index (χ1n) is 11.6. The standard InChI is InChI=1S/C28H27ClN4O/c1-3-4-5-6-7-8-25-31-26(27(29)32-25)24-15-22(12-9-19(24)2)28(34)33-17-23(18-33)21-13-10-20(16-30)11-14-21/h9-15,23H,3-4,7-8,17-18H2,1-2H3,(H,31,32). The fourth-order valence-electron chi connectivity index (χ4n) is 4.06. The maximum Gasteiger partial charge on any atom is 0.253 e. The van der Waals surface area contributed by atoms with E-state index in [1.54, 1.807) is 0 Å². The van der Waals surface area contributed by atoms with Crippen LogP contribution in [-0.4, -0.2) is 33.9 Å². The Morgan fingerprint density at radius 2 is 1.91 bits per heavy atom. The van der Waals surface area contributed by atoms with Crippen LogP contribution in [0.25, 0.3) is 11.3 Å². The maximum atomic E-state index is 13.1. The second-order valence-electron chi connectivity index (χ2n) is 8.62. The molecule has 5 nitrogen and oxygen atoms in total. The van der Waals surface area contributed by atoms with Crippen LogP contribution in [0.5, 0.6) is 0 Å². The normalized spacial score (nSPS) is 13.1. The molecule has 2 aromatic carbocycles. The zero-order valence-electron chi connectivity index (χ0n) is 19.5. The van der Waals surface area contributed by atoms with Crippen molar-refractivity contribution >= 4 is 17.5 Å². The van der Waals surface area contributed by atoms with Crippen LogP contribution in [-0.2, 0) is 6.42 Å². The molecule has 0 spiro atoms. The summed E-state index contributed by atoms with van der Waals surface area (Å²) in [4.78, 5) is 22.8. The van der Waals surface area contributed by atoms with E-state index >= 15 is 0 Å². The smallest absolute Gasteiger partial charge is 0.253 e. The third kappa shape index (κ3) is 5.16. The van der Waals surface area contributed by atoms with Crippen molar-refractivity contribution < 1.29 is 4.79 Å². The number of nitriles is 1. The second kappa shape index (κ2) is 10.6. The van der Waals surface area contributed by atoms with Crippen LogP contribution in [0.1, 0.15) is 65.0 Å². The zero-order chi connectivity index (χ0) is 24.1. The molecule has 0 aliphatic carbocycles. The van der Waals surface area contributed by atoms with Crippen molar-refractivity contribution in [2.24, 2.45) is 0 Å². The predicted octanol–water partition coefficient (Wildman–Crippen LogP) is 5.89. The molecular formula is C28H27ClN4O. The Bertz CT molecular complexity index is 1280. The number of amides is 1. The van der Waals surface area contributed by atoms with Gasteiger partial charge in [0, 0.05) is 49.4 Å². The van der Waals surface area contributed by atoms with Gasteiger partial charge in [-0.1, -0.05) is 36.7 Å². The first-order valence-corrected chi connectivity index (χ1v) is 12.0. The number of nitrogens with zero attached hydrogens (tertiary/aromatic N) is 3. The average Bonchev–Trinajstić information content (AvgIpc) is 3.18. The van der Waals surface area contributed by atoms with Crippen LogP contribution in [0, 0.1) is 30.1 Å². The molecule has 34 heavy (non-hydrogen) atoms. The fourth-order valence-corrected chi connectivity index (χ4v) is 4.31. The summed E-state index contributed by atoms with van der Waals surface area (Å²) in [5.41, 5.74) is 4.97. The number of unbranched alkanes of at least 4 members (excludes halogenated alkanes) is 1. The molecule has 3 aromatic rings. The fraction of sp³-hybridized carbons (Fsp3) is 0.321. The van der Waals surface area contributed by atoms with Gasteiger partial charge in [0.1, 0.15) is 16.7 Å². The Labute approximate surface area is 205 Å². The van der Waals surface area contributed by atoms with Crippen LogP contribution in [0.4, 0.5) is 0 Å². The van der Waals surface area contributed by atoms with Gasteiger partial charge in [-0.25, -0.2) is 4.98 Å². The summed E-state index contributed by atoms with van der Waals surface area (Å²) in [6.07, 6.45) is 3.41. The maximum absolute atomic E-state index is 13.1. The molecule has 1 saturated heterocycles. The van der Waals surface area contributed by atoms with Crippen LogP contribution in [0.2, 0.25) is 5.15 Å². The summed E-state index contributed by atoms with van der Waals surface area (Å²) >= 11 is 6.49. The lowest BCUT2D eigenvalue weighted by Gasteiger charge is -2.39. The van der Waals surface area contributed by atoms with Crippen molar-refractivity contribution in [2.75, 3.05) is 13.1 Å². The molecule has 4 rings (SSSR count). The van der Waals surface area contributed by atoms with Gasteiger partial charge in [-0.05, 0) is 48.7 Å². The first-order chi connectivity index (χ1) is 16.5. The number of carbonyl (C=O) groups is 1. The number of aromatic amines is 1. The number of hydrogen-bond donors (Lipinski definition) is 1. The molecule has 1 N–H and O–H groups in total. The van der Waals surface area contributed by atoms with Crippen molar-refractivity contribution in [3.8, 4) is 29.2 Å². The number of aryl methyl sites for hydroxylation is 2. The number of benzene rings is 2. The van der Waals surface area contributed by atoms with Gasteiger partial charge < -0.3 is 9.88 Å². The van der Waals surface area contributed by atoms with E-state index in [1.165, 1.54) is 0 Å². The highest BCUT2D eigenvalue weighted by molar-refractivity contribution is 6.32. The summed E-state index contributed by atoms with van der Waals surface area (Å²) in [5, 5.41) is 9.45. The highest BCUT2D eigenvalue weighted by Crippen LogP contribution is 2.32. The molecule has 0 saturated carbocycles. The van der Waals surface area contributed by atoms with Crippen molar-refractivity contribution in [1.82, 2.24) is 14.9 Å². The number of rotatable bonds is 6. The molecule has 1 aromatic heterocycles. The van der Waals surface area contributed by atoms with Crippen molar-refractivity contribution in [3.05, 3.63) is 75.7 Å². The van der Waals surface area contributed by atoms with Gasteiger partial charge >= 0.3 is 0 Å². The average molecular weight is 471 g/mol. The van der Waals surface area contributed by atoms with E-state index in [1.807, 2.05) is 54.3 Å². The zero-order valence-corrected chi connectivity index (χ0v) is 20.2. The molecule has 1 aliphatic rings. The Kier molecular flexibility index (Phi) is 7.36. The van der Waals surface area contributed by atoms with Crippen molar-refractivity contribution in [3.63, 3.8) is 0 Å². The summed E-state index contributed by atoms with van der Waals surface area (Å²) in [5.74, 6) is 7.42. The lowest BCUT2D eigenvalue weighted by molar-refractivity contribution is 0.0602. The molecule has 1 fully saturated rings. The molecule has 2 heterocycles. The van der Waals surface area contributed by atoms with E-state index < -0.39 is 0 Å². The molecular weight excluding hydrogens is 444 g/mol. The molecule has 1 aliphatic heterocycles. The monoisotopic (exact) mass is 470 g/mol. The number of imidazole rings is 1. The number of hydrogen-bond acceptors (Lipinski definition) is 3. The summed E-state index contributed by atoms with van der Waals surface area (Å²) in [6, 6.07) is 15.4. The van der Waals surface area contributed by atoms with E-state index in [0.717, 1.165) is 41.8 Å². The number of nitrogens with one attached hydrogen (secondary N) is 1. The highest BCUT2D eigenvalue weighted by atomic mass is 35.5. The molecule has 0 radical (unpaired) electrons. The Hall–Kier alpha value is -3.54. The summed E-state index contributed by atoms with van der Waals surface area (Å²) < 4.78 is 0. The Morgan fingerprint density at radius 3 is 2.62 bits per heavy atom. The minimum atomic E-state index is 0.00391. The number of halogens is 1. The van der Waals surface area contributed by atoms with E-state index in [0.29, 0.717) is 47.4 Å². The van der Waals surface area contributed by atoms with E-state index in [9.17, 15) is 4.79 Å². The van der Waals surface area contributed by atoms with Gasteiger partial charge in [0.05, 0.1) is 11.6 Å². The van der Waals surface area contributed by atoms with Crippen molar-refractivity contribution in [1.29, 1.82) is 5.26 Å². The largest absolute Gasteiger partial charge is 0.337 e. The van der Waals surface area contributed by atoms with Crippen LogP contribution >= 0.6 is 11.6 Å². The van der Waals surface area contributed by atoms with Gasteiger partial charge in [0.15, 0.2) is 0 Å². The van der Waals surface area contributed by atoms with Gasteiger partial charge in [-0.3, -0.25) is 4.79 Å². The molecule has 0 atom stereocenters. The Balaban J connectivity index is 1.45. The van der Waals surface area contributed by atoms with Crippen LogP contribution in [0.3, 0.4) is 0 Å². The van der Waals surface area contributed by atoms with Gasteiger partial charge in [-0.15, -0.1) is 11.8 Å². The van der Waals surface area contributed by atoms with E-state index in [2.05, 4.69) is 29.8 Å². The van der Waals surface area contributed by atoms with Gasteiger partial charge in [0.25, 0.3) is 5.91 Å². The molecule has 172 valence electrons. The quantitative estimate of drug-likeness (QED) is 0.457. The molecule has 0 bridgehead atoms. The molecule has 0 unspecified atom stereocenters. The van der Waals surface area contributed by atoms with E-state index in [-0.39, 0.29) is 5.91 Å². The Morgan fingerprint density at radius 1 is 1.18 bits per heavy atom. The van der Waals surface area contributed by atoms with Crippen LogP contribution in [0.15, 0.2) is 42.5 Å². The predicted molar refractivity (Wildman–Crippen MR) is 135 cm³/mol. The summed E-state index contributed by atoms with van der Waals surface area (Å²) in [7, 11) is 0. The summed E-state index contributed by atoms with van der Waals surface area (Å²) in [6.45, 7) is 5.44. The van der Waals surface area contributed by atoms with Gasteiger partial charge in [0.2, 0.25) is 0 Å². The molecule has 6 heteroatoms. The lowest BCUT2D eigenvalue weighted by atomic mass is 9.90. The number of carbonyl (C=O) groups excluding carboxylic acids is 1.